The number of allylic oxidation sites excluding steroid dienone is 2. The first-order valence-electron chi connectivity index (χ1n) is 10.8. The van der Waals surface area contributed by atoms with Crippen LogP contribution in [0.1, 0.15) is 70.3 Å². The molecule has 0 aliphatic rings. The maximum atomic E-state index is 11.9. The van der Waals surface area contributed by atoms with E-state index in [1.165, 1.54) is 37.7 Å². The lowest BCUT2D eigenvalue weighted by Crippen LogP contribution is -2.41. The third kappa shape index (κ3) is 13.2. The molecule has 1 aromatic carbocycles. The Morgan fingerprint density at radius 3 is 2.41 bits per heavy atom. The van der Waals surface area contributed by atoms with Crippen LogP contribution in [-0.2, 0) is 11.3 Å². The number of benzene rings is 1. The van der Waals surface area contributed by atoms with Crippen molar-refractivity contribution in [2.45, 2.75) is 71.3 Å². The van der Waals surface area contributed by atoms with Gasteiger partial charge in [0.1, 0.15) is 6.54 Å². The van der Waals surface area contributed by atoms with Gasteiger partial charge in [-0.05, 0) is 25.7 Å². The third-order valence-electron chi connectivity index (χ3n) is 4.89. The Balaban J connectivity index is 1.99. The highest BCUT2D eigenvalue weighted by Crippen LogP contribution is 2.10. The number of amides is 1. The van der Waals surface area contributed by atoms with E-state index in [0.717, 1.165) is 43.4 Å². The summed E-state index contributed by atoms with van der Waals surface area (Å²) in [5, 5.41) is 3.09. The van der Waals surface area contributed by atoms with Crippen molar-refractivity contribution < 1.29 is 9.28 Å². The highest BCUT2D eigenvalue weighted by Gasteiger charge is 2.15. The molecule has 0 atom stereocenters. The zero-order valence-corrected chi connectivity index (χ0v) is 17.9. The maximum Gasteiger partial charge on any atom is 0.219 e. The van der Waals surface area contributed by atoms with Gasteiger partial charge in [-0.3, -0.25) is 4.79 Å². The van der Waals surface area contributed by atoms with Crippen LogP contribution in [0.15, 0.2) is 42.5 Å². The SMILES string of the molecule is CC/C=C/CCCCCCCC(=O)NCCC[N+](C)(C)Cc1ccccc1. The van der Waals surface area contributed by atoms with Gasteiger partial charge >= 0.3 is 0 Å². The predicted molar refractivity (Wildman–Crippen MR) is 116 cm³/mol. The summed E-state index contributed by atoms with van der Waals surface area (Å²) in [6, 6.07) is 10.6. The van der Waals surface area contributed by atoms with Crippen molar-refractivity contribution >= 4 is 5.91 Å². The molecule has 1 amide bonds. The zero-order valence-electron chi connectivity index (χ0n) is 17.9. The lowest BCUT2D eigenvalue weighted by atomic mass is 10.1. The summed E-state index contributed by atoms with van der Waals surface area (Å²) in [5.41, 5.74) is 1.37. The summed E-state index contributed by atoms with van der Waals surface area (Å²) in [6.45, 7) is 5.07. The molecule has 0 saturated carbocycles. The molecule has 152 valence electrons. The summed E-state index contributed by atoms with van der Waals surface area (Å²) >= 11 is 0. The van der Waals surface area contributed by atoms with Crippen LogP contribution in [0.4, 0.5) is 0 Å². The Hall–Kier alpha value is -1.61. The summed E-state index contributed by atoms with van der Waals surface area (Å²) in [4.78, 5) is 11.9. The fourth-order valence-electron chi connectivity index (χ4n) is 3.34. The normalized spacial score (nSPS) is 11.8. The molecule has 0 radical (unpaired) electrons. The fraction of sp³-hybridized carbons (Fsp3) is 0.625. The van der Waals surface area contributed by atoms with E-state index >= 15 is 0 Å². The molecule has 1 N–H and O–H groups in total. The Morgan fingerprint density at radius 2 is 1.67 bits per heavy atom. The Labute approximate surface area is 167 Å². The molecule has 0 aliphatic carbocycles. The van der Waals surface area contributed by atoms with Gasteiger partial charge in [0.25, 0.3) is 0 Å². The van der Waals surface area contributed by atoms with E-state index in [2.05, 4.69) is 68.8 Å². The van der Waals surface area contributed by atoms with Gasteiger partial charge in [0.2, 0.25) is 5.91 Å². The molecule has 0 unspecified atom stereocenters. The van der Waals surface area contributed by atoms with Crippen LogP contribution in [0.3, 0.4) is 0 Å². The number of carbonyl (C=O) groups excluding carboxylic acids is 1. The molecular weight excluding hydrogens is 332 g/mol. The predicted octanol–water partition coefficient (Wildman–Crippen LogP) is 5.47. The third-order valence-corrected chi connectivity index (χ3v) is 4.89. The van der Waals surface area contributed by atoms with Crippen LogP contribution >= 0.6 is 0 Å². The average Bonchev–Trinajstić information content (AvgIpc) is 2.64. The number of hydrogen-bond acceptors (Lipinski definition) is 1. The molecule has 0 aromatic heterocycles. The van der Waals surface area contributed by atoms with Crippen molar-refractivity contribution in [1.29, 1.82) is 0 Å². The second kappa shape index (κ2) is 14.4. The van der Waals surface area contributed by atoms with Gasteiger partial charge in [-0.15, -0.1) is 0 Å². The van der Waals surface area contributed by atoms with Crippen LogP contribution in [0.25, 0.3) is 0 Å². The van der Waals surface area contributed by atoms with Crippen molar-refractivity contribution in [2.24, 2.45) is 0 Å². The molecule has 0 aliphatic heterocycles. The number of hydrogen-bond donors (Lipinski definition) is 1. The first kappa shape index (κ1) is 23.4. The number of carbonyl (C=O) groups is 1. The summed E-state index contributed by atoms with van der Waals surface area (Å²) in [7, 11) is 4.51. The van der Waals surface area contributed by atoms with E-state index in [-0.39, 0.29) is 5.91 Å². The lowest BCUT2D eigenvalue weighted by molar-refractivity contribution is -0.903. The van der Waals surface area contributed by atoms with E-state index in [1.54, 1.807) is 0 Å². The Morgan fingerprint density at radius 1 is 0.963 bits per heavy atom. The second-order valence-corrected chi connectivity index (χ2v) is 8.19. The fourth-order valence-corrected chi connectivity index (χ4v) is 3.34. The molecule has 1 rings (SSSR count). The van der Waals surface area contributed by atoms with Crippen LogP contribution < -0.4 is 5.32 Å². The largest absolute Gasteiger partial charge is 0.356 e. The standard InChI is InChI=1S/C24H40N2O/c1-4-5-6-7-8-9-10-11-15-19-24(27)25-20-16-21-26(2,3)22-23-17-13-12-14-18-23/h5-6,12-14,17-18H,4,7-11,15-16,19-22H2,1-3H3/p+1/b6-5+. The first-order chi connectivity index (χ1) is 13.0. The zero-order chi connectivity index (χ0) is 19.8. The van der Waals surface area contributed by atoms with E-state index in [9.17, 15) is 4.79 Å². The summed E-state index contributed by atoms with van der Waals surface area (Å²) < 4.78 is 0.952. The van der Waals surface area contributed by atoms with Crippen molar-refractivity contribution in [2.75, 3.05) is 27.2 Å². The molecule has 0 heterocycles. The summed E-state index contributed by atoms with van der Waals surface area (Å²) in [5.74, 6) is 0.217. The lowest BCUT2D eigenvalue weighted by Gasteiger charge is -2.30. The topological polar surface area (TPSA) is 29.1 Å². The molecule has 0 spiro atoms. The van der Waals surface area contributed by atoms with Crippen molar-refractivity contribution in [3.05, 3.63) is 48.0 Å². The Kier molecular flexibility index (Phi) is 12.5. The number of nitrogens with zero attached hydrogens (tertiary/aromatic N) is 1. The minimum absolute atomic E-state index is 0.217. The first-order valence-corrected chi connectivity index (χ1v) is 10.8. The van der Waals surface area contributed by atoms with Crippen LogP contribution in [0.5, 0.6) is 0 Å². The average molecular weight is 374 g/mol. The number of unbranched alkanes of at least 4 members (excludes halogenated alkanes) is 5. The van der Waals surface area contributed by atoms with Gasteiger partial charge < -0.3 is 9.80 Å². The van der Waals surface area contributed by atoms with E-state index in [0.29, 0.717) is 6.42 Å². The highest BCUT2D eigenvalue weighted by atomic mass is 16.1. The van der Waals surface area contributed by atoms with E-state index < -0.39 is 0 Å². The quantitative estimate of drug-likeness (QED) is 0.247. The minimum atomic E-state index is 0.217. The smallest absolute Gasteiger partial charge is 0.219 e. The number of rotatable bonds is 15. The van der Waals surface area contributed by atoms with Gasteiger partial charge in [-0.2, -0.15) is 0 Å². The number of nitrogens with one attached hydrogen (secondary N) is 1. The van der Waals surface area contributed by atoms with Crippen molar-refractivity contribution in [3.8, 4) is 0 Å². The van der Waals surface area contributed by atoms with Gasteiger partial charge in [-0.25, -0.2) is 0 Å². The van der Waals surface area contributed by atoms with Crippen LogP contribution in [0.2, 0.25) is 0 Å². The van der Waals surface area contributed by atoms with Crippen molar-refractivity contribution in [1.82, 2.24) is 5.32 Å². The molecule has 1 aromatic rings. The monoisotopic (exact) mass is 373 g/mol. The Bertz CT molecular complexity index is 522. The van der Waals surface area contributed by atoms with Gasteiger partial charge in [0.05, 0.1) is 20.6 Å². The van der Waals surface area contributed by atoms with Gasteiger partial charge in [-0.1, -0.05) is 68.7 Å². The maximum absolute atomic E-state index is 11.9. The van der Waals surface area contributed by atoms with Gasteiger partial charge in [0.15, 0.2) is 0 Å². The van der Waals surface area contributed by atoms with E-state index in [1.807, 2.05) is 0 Å². The molecule has 3 heteroatoms. The minimum Gasteiger partial charge on any atom is -0.356 e. The number of quaternary nitrogens is 1. The van der Waals surface area contributed by atoms with E-state index in [4.69, 9.17) is 0 Å². The van der Waals surface area contributed by atoms with Crippen LogP contribution in [-0.4, -0.2) is 37.6 Å². The van der Waals surface area contributed by atoms with Gasteiger partial charge in [0, 0.05) is 24.9 Å². The molecule has 0 fully saturated rings. The molecule has 3 nitrogen and oxygen atoms in total. The summed E-state index contributed by atoms with van der Waals surface area (Å²) in [6.07, 6.45) is 14.6. The van der Waals surface area contributed by atoms with Crippen LogP contribution in [0, 0.1) is 0 Å². The van der Waals surface area contributed by atoms with Crippen molar-refractivity contribution in [3.63, 3.8) is 0 Å². The molecule has 27 heavy (non-hydrogen) atoms. The molecule has 0 bridgehead atoms. The molecular formula is C24H41N2O+. The second-order valence-electron chi connectivity index (χ2n) is 8.19. The molecule has 0 saturated heterocycles. The highest BCUT2D eigenvalue weighted by molar-refractivity contribution is 5.75.